The lowest BCUT2D eigenvalue weighted by Gasteiger charge is -2.13. The van der Waals surface area contributed by atoms with Crippen molar-refractivity contribution in [3.8, 4) is 0 Å². The summed E-state index contributed by atoms with van der Waals surface area (Å²) in [6.07, 6.45) is 1.47. The summed E-state index contributed by atoms with van der Waals surface area (Å²) < 4.78 is 0. The summed E-state index contributed by atoms with van der Waals surface area (Å²) in [6, 6.07) is 25.1. The van der Waals surface area contributed by atoms with E-state index >= 15 is 0 Å². The van der Waals surface area contributed by atoms with Crippen molar-refractivity contribution in [2.24, 2.45) is 0 Å². The van der Waals surface area contributed by atoms with E-state index in [9.17, 15) is 14.4 Å². The molecule has 6 nitrogen and oxygen atoms in total. The summed E-state index contributed by atoms with van der Waals surface area (Å²) in [5, 5.41) is 9.79. The highest BCUT2D eigenvalue weighted by Crippen LogP contribution is 2.26. The Hall–Kier alpha value is -3.46. The lowest BCUT2D eigenvalue weighted by molar-refractivity contribution is -0.114. The minimum Gasteiger partial charge on any atom is -0.325 e. The van der Waals surface area contributed by atoms with Crippen LogP contribution in [0.2, 0.25) is 20.1 Å². The molecule has 208 valence electrons. The molecule has 0 aliphatic heterocycles. The Morgan fingerprint density at radius 2 is 1.44 bits per heavy atom. The fraction of sp³-hybridized carbons (Fsp3) is 0.0333. The Morgan fingerprint density at radius 1 is 0.707 bits per heavy atom. The summed E-state index contributed by atoms with van der Waals surface area (Å²) in [6.45, 7) is 0. The fourth-order valence-electron chi connectivity index (χ4n) is 3.55. The molecule has 4 rings (SSSR count). The number of carbonyl (C=O) groups excluding carboxylic acids is 3. The van der Waals surface area contributed by atoms with Gasteiger partial charge in [0.2, 0.25) is 5.91 Å². The quantitative estimate of drug-likeness (QED) is 0.126. The van der Waals surface area contributed by atoms with E-state index in [2.05, 4.69) is 16.0 Å². The summed E-state index contributed by atoms with van der Waals surface area (Å²) in [4.78, 5) is 39.4. The Balaban J connectivity index is 1.47. The van der Waals surface area contributed by atoms with Gasteiger partial charge in [0.05, 0.1) is 5.75 Å². The van der Waals surface area contributed by atoms with Crippen LogP contribution in [-0.2, 0) is 9.59 Å². The smallest absolute Gasteiger partial charge is 0.272 e. The lowest BCUT2D eigenvalue weighted by Crippen LogP contribution is -2.30. The van der Waals surface area contributed by atoms with Crippen LogP contribution < -0.4 is 16.0 Å². The molecule has 0 aliphatic carbocycles. The van der Waals surface area contributed by atoms with Crippen LogP contribution in [0.25, 0.3) is 6.08 Å². The molecule has 3 amide bonds. The second-order valence-electron chi connectivity index (χ2n) is 8.52. The summed E-state index contributed by atoms with van der Waals surface area (Å²) in [7, 11) is 0. The minimum atomic E-state index is -0.571. The van der Waals surface area contributed by atoms with Crippen molar-refractivity contribution in [1.82, 2.24) is 5.32 Å². The minimum absolute atomic E-state index is 0.0271. The van der Waals surface area contributed by atoms with Gasteiger partial charge in [-0.2, -0.15) is 0 Å². The van der Waals surface area contributed by atoms with E-state index < -0.39 is 11.8 Å². The molecule has 0 aromatic heterocycles. The van der Waals surface area contributed by atoms with Crippen molar-refractivity contribution in [2.75, 3.05) is 16.4 Å². The van der Waals surface area contributed by atoms with Gasteiger partial charge in [-0.1, -0.05) is 76.7 Å². The molecule has 4 aromatic rings. The lowest BCUT2D eigenvalue weighted by atomic mass is 10.1. The molecule has 0 bridgehead atoms. The predicted octanol–water partition coefficient (Wildman–Crippen LogP) is 8.44. The second kappa shape index (κ2) is 14.4. The van der Waals surface area contributed by atoms with Crippen LogP contribution in [0, 0.1) is 0 Å². The Bertz CT molecular complexity index is 1610. The van der Waals surface area contributed by atoms with Gasteiger partial charge >= 0.3 is 0 Å². The molecule has 11 heteroatoms. The molecule has 0 atom stereocenters. The van der Waals surface area contributed by atoms with Crippen LogP contribution >= 0.6 is 58.2 Å². The molecule has 0 fully saturated rings. The number of rotatable bonds is 9. The third-order valence-electron chi connectivity index (χ3n) is 5.40. The van der Waals surface area contributed by atoms with E-state index in [-0.39, 0.29) is 17.4 Å². The number of carbonyl (C=O) groups is 3. The van der Waals surface area contributed by atoms with Gasteiger partial charge in [-0.25, -0.2) is 0 Å². The largest absolute Gasteiger partial charge is 0.325 e. The topological polar surface area (TPSA) is 87.3 Å². The summed E-state index contributed by atoms with van der Waals surface area (Å²) >= 11 is 25.6. The van der Waals surface area contributed by atoms with E-state index in [0.29, 0.717) is 42.6 Å². The highest BCUT2D eigenvalue weighted by molar-refractivity contribution is 8.00. The molecule has 0 aliphatic rings. The highest BCUT2D eigenvalue weighted by atomic mass is 35.5. The average Bonchev–Trinajstić information content (AvgIpc) is 2.93. The van der Waals surface area contributed by atoms with Crippen LogP contribution in [0.1, 0.15) is 15.9 Å². The predicted molar refractivity (Wildman–Crippen MR) is 169 cm³/mol. The van der Waals surface area contributed by atoms with Crippen molar-refractivity contribution in [1.29, 1.82) is 0 Å². The van der Waals surface area contributed by atoms with Crippen LogP contribution in [-0.4, -0.2) is 23.5 Å². The van der Waals surface area contributed by atoms with Gasteiger partial charge < -0.3 is 16.0 Å². The van der Waals surface area contributed by atoms with Crippen LogP contribution in [0.3, 0.4) is 0 Å². The van der Waals surface area contributed by atoms with Crippen molar-refractivity contribution >= 4 is 93.3 Å². The van der Waals surface area contributed by atoms with Crippen molar-refractivity contribution in [3.63, 3.8) is 0 Å². The van der Waals surface area contributed by atoms with E-state index in [1.54, 1.807) is 84.9 Å². The normalized spacial score (nSPS) is 11.1. The molecule has 0 saturated heterocycles. The molecule has 0 heterocycles. The number of anilines is 2. The molecule has 41 heavy (non-hydrogen) atoms. The number of hydrogen-bond donors (Lipinski definition) is 3. The molecule has 0 unspecified atom stereocenters. The Labute approximate surface area is 261 Å². The zero-order chi connectivity index (χ0) is 29.4. The number of halogens is 4. The first-order chi connectivity index (χ1) is 19.7. The summed E-state index contributed by atoms with van der Waals surface area (Å²) in [5.41, 5.74) is 1.80. The van der Waals surface area contributed by atoms with Crippen LogP contribution in [0.4, 0.5) is 11.4 Å². The van der Waals surface area contributed by atoms with Gasteiger partial charge in [-0.05, 0) is 72.3 Å². The Kier molecular flexibility index (Phi) is 10.7. The third-order valence-corrected chi connectivity index (χ3v) is 7.39. The number of amides is 3. The zero-order valence-corrected chi connectivity index (χ0v) is 24.9. The molecular weight excluding hydrogens is 624 g/mol. The average molecular weight is 645 g/mol. The number of thioether (sulfide) groups is 1. The first kappa shape index (κ1) is 30.5. The molecule has 0 saturated carbocycles. The summed E-state index contributed by atoms with van der Waals surface area (Å²) in [5.74, 6) is -1.18. The van der Waals surface area contributed by atoms with Gasteiger partial charge in [0.15, 0.2) is 0 Å². The molecule has 0 spiro atoms. The first-order valence-corrected chi connectivity index (χ1v) is 14.5. The zero-order valence-electron chi connectivity index (χ0n) is 21.1. The van der Waals surface area contributed by atoms with E-state index in [1.807, 2.05) is 6.07 Å². The maximum atomic E-state index is 13.3. The van der Waals surface area contributed by atoms with Gasteiger partial charge in [0.1, 0.15) is 5.70 Å². The van der Waals surface area contributed by atoms with Crippen molar-refractivity contribution in [3.05, 3.63) is 128 Å². The number of nitrogens with one attached hydrogen (secondary N) is 3. The van der Waals surface area contributed by atoms with Gasteiger partial charge in [-0.3, -0.25) is 14.4 Å². The second-order valence-corrected chi connectivity index (χ2v) is 11.3. The SMILES string of the molecule is O=C(CSc1cccc(NC(=O)/C(=C\c2ccc(Cl)cc2Cl)NC(=O)c2ccccc2)c1)Nc1cc(Cl)cc(Cl)c1. The molecule has 0 radical (unpaired) electrons. The van der Waals surface area contributed by atoms with Crippen LogP contribution in [0.15, 0.2) is 102 Å². The van der Waals surface area contributed by atoms with Crippen molar-refractivity contribution < 1.29 is 14.4 Å². The monoisotopic (exact) mass is 643 g/mol. The van der Waals surface area contributed by atoms with E-state index in [1.165, 1.54) is 17.8 Å². The number of hydrogen-bond acceptors (Lipinski definition) is 4. The standard InChI is InChI=1S/C30H21Cl4N3O3S/c31-20-10-9-19(26(34)15-20)11-27(37-29(39)18-5-2-1-3-6-18)30(40)36-23-7-4-8-25(16-23)41-17-28(38)35-24-13-21(32)12-22(33)14-24/h1-16H,17H2,(H,35,38)(H,36,40)(H,37,39)/b27-11+. The van der Waals surface area contributed by atoms with Crippen LogP contribution in [0.5, 0.6) is 0 Å². The van der Waals surface area contributed by atoms with Gasteiger partial charge in [0, 0.05) is 41.9 Å². The highest BCUT2D eigenvalue weighted by Gasteiger charge is 2.16. The van der Waals surface area contributed by atoms with Gasteiger partial charge in [0.25, 0.3) is 11.8 Å². The Morgan fingerprint density at radius 3 is 2.15 bits per heavy atom. The first-order valence-electron chi connectivity index (χ1n) is 12.0. The molecule has 3 N–H and O–H groups in total. The maximum absolute atomic E-state index is 13.3. The number of benzene rings is 4. The molecular formula is C30H21Cl4N3O3S. The van der Waals surface area contributed by atoms with Crippen molar-refractivity contribution in [2.45, 2.75) is 4.90 Å². The fourth-order valence-corrected chi connectivity index (χ4v) is 5.29. The van der Waals surface area contributed by atoms with Gasteiger partial charge in [-0.15, -0.1) is 11.8 Å². The maximum Gasteiger partial charge on any atom is 0.272 e. The van der Waals surface area contributed by atoms with E-state index in [0.717, 1.165) is 4.90 Å². The third kappa shape index (κ3) is 9.28. The molecule has 4 aromatic carbocycles. The van der Waals surface area contributed by atoms with E-state index in [4.69, 9.17) is 46.4 Å².